The summed E-state index contributed by atoms with van der Waals surface area (Å²) in [6, 6.07) is 34.3. The first-order valence-corrected chi connectivity index (χ1v) is 19.7. The maximum Gasteiger partial charge on any atom is 0.421 e. The molecule has 3 aliphatic rings. The van der Waals surface area contributed by atoms with Gasteiger partial charge in [0, 0.05) is 18.2 Å². The summed E-state index contributed by atoms with van der Waals surface area (Å²) in [5.74, 6) is 3.33. The number of anilines is 1. The summed E-state index contributed by atoms with van der Waals surface area (Å²) >= 11 is 0. The highest BCUT2D eigenvalue weighted by Crippen LogP contribution is 2.65. The van der Waals surface area contributed by atoms with Gasteiger partial charge < -0.3 is 34.5 Å². The molecule has 3 aliphatic heterocycles. The molecule has 5 aromatic carbocycles. The molecule has 0 saturated carbocycles. The lowest BCUT2D eigenvalue weighted by molar-refractivity contribution is -0.178. The molecule has 0 radical (unpaired) electrons. The Hall–Kier alpha value is -6.98. The fourth-order valence-electron chi connectivity index (χ4n) is 9.00. The average molecular weight is 822 g/mol. The zero-order chi connectivity index (χ0) is 42.7. The molecule has 2 saturated heterocycles. The van der Waals surface area contributed by atoms with Crippen LogP contribution in [-0.4, -0.2) is 80.6 Å². The number of carbonyl (C=O) groups excluding carboxylic acids is 4. The zero-order valence-electron chi connectivity index (χ0n) is 33.4. The van der Waals surface area contributed by atoms with Crippen LogP contribution >= 0.6 is 0 Å². The van der Waals surface area contributed by atoms with E-state index in [1.54, 1.807) is 61.7 Å². The van der Waals surface area contributed by atoms with Crippen molar-refractivity contribution in [1.29, 1.82) is 0 Å². The van der Waals surface area contributed by atoms with Gasteiger partial charge in [-0.1, -0.05) is 84.6 Å². The number of esters is 1. The van der Waals surface area contributed by atoms with Crippen molar-refractivity contribution in [3.05, 3.63) is 161 Å². The van der Waals surface area contributed by atoms with Crippen LogP contribution in [0.3, 0.4) is 0 Å². The van der Waals surface area contributed by atoms with E-state index >= 15 is 4.79 Å². The number of benzene rings is 5. The molecule has 61 heavy (non-hydrogen) atoms. The van der Waals surface area contributed by atoms with Crippen LogP contribution in [0, 0.1) is 17.8 Å². The lowest BCUT2D eigenvalue weighted by Gasteiger charge is -2.46. The van der Waals surface area contributed by atoms with Gasteiger partial charge in [0.05, 0.1) is 44.0 Å². The smallest absolute Gasteiger partial charge is 0.421 e. The van der Waals surface area contributed by atoms with Crippen molar-refractivity contribution in [1.82, 2.24) is 4.90 Å². The van der Waals surface area contributed by atoms with E-state index in [2.05, 4.69) is 11.8 Å². The summed E-state index contributed by atoms with van der Waals surface area (Å²) in [4.78, 5) is 62.1. The number of hydrogen-bond donors (Lipinski definition) is 2. The van der Waals surface area contributed by atoms with Crippen molar-refractivity contribution < 1.29 is 48.0 Å². The fourth-order valence-corrected chi connectivity index (χ4v) is 9.00. The van der Waals surface area contributed by atoms with E-state index in [1.807, 2.05) is 77.7 Å². The molecule has 8 rings (SSSR count). The van der Waals surface area contributed by atoms with Crippen molar-refractivity contribution in [2.75, 3.05) is 45.5 Å². The third kappa shape index (κ3) is 7.24. The Morgan fingerprint density at radius 1 is 0.754 bits per heavy atom. The topological polar surface area (TPSA) is 167 Å². The van der Waals surface area contributed by atoms with E-state index < -0.39 is 59.4 Å². The van der Waals surface area contributed by atoms with Crippen molar-refractivity contribution in [3.8, 4) is 23.3 Å². The van der Waals surface area contributed by atoms with Gasteiger partial charge >= 0.3 is 12.1 Å². The molecule has 0 bridgehead atoms. The lowest BCUT2D eigenvalue weighted by atomic mass is 9.65. The minimum atomic E-state index is -2.03. The van der Waals surface area contributed by atoms with Crippen molar-refractivity contribution in [2.45, 2.75) is 29.6 Å². The number of ether oxygens (including phenoxy) is 5. The molecule has 5 aromatic rings. The molecular formula is C48H43N3O10. The Morgan fingerprint density at radius 2 is 1.39 bits per heavy atom. The van der Waals surface area contributed by atoms with Gasteiger partial charge in [-0.25, -0.2) is 9.69 Å². The predicted molar refractivity (Wildman–Crippen MR) is 222 cm³/mol. The SMILES string of the molecule is COCCOC(=O)N1C(=O)C2(c3cc(C#Cc4ccc(OC)cc4)ccc31)C(C(N)=O)C1C(=O)OC(c3ccccc3)C(c3ccccc3)N1C2c1ccc(OCCO)cc1. The van der Waals surface area contributed by atoms with Gasteiger partial charge in [-0.15, -0.1) is 0 Å². The Morgan fingerprint density at radius 3 is 2.03 bits per heavy atom. The van der Waals surface area contributed by atoms with Gasteiger partial charge in [-0.2, -0.15) is 0 Å². The second-order valence-electron chi connectivity index (χ2n) is 14.8. The highest BCUT2D eigenvalue weighted by atomic mass is 16.6. The molecule has 3 amide bonds. The maximum atomic E-state index is 15.9. The van der Waals surface area contributed by atoms with Gasteiger partial charge in [-0.05, 0) is 76.9 Å². The Bertz CT molecular complexity index is 2490. The van der Waals surface area contributed by atoms with Crippen molar-refractivity contribution in [2.24, 2.45) is 11.7 Å². The number of nitrogens with zero attached hydrogens (tertiary/aromatic N) is 2. The number of rotatable bonds is 11. The number of nitrogens with two attached hydrogens (primary N) is 1. The molecule has 3 heterocycles. The zero-order valence-corrected chi connectivity index (χ0v) is 33.4. The molecule has 6 unspecified atom stereocenters. The van der Waals surface area contributed by atoms with Gasteiger partial charge in [0.15, 0.2) is 0 Å². The number of aliphatic hydroxyl groups excluding tert-OH is 1. The first-order valence-electron chi connectivity index (χ1n) is 19.7. The molecule has 0 aromatic heterocycles. The van der Waals surface area contributed by atoms with Gasteiger partial charge in [0.1, 0.15) is 42.3 Å². The lowest BCUT2D eigenvalue weighted by Crippen LogP contribution is -2.55. The minimum absolute atomic E-state index is 0.0394. The van der Waals surface area contributed by atoms with Crippen LogP contribution in [0.25, 0.3) is 0 Å². The number of cyclic esters (lactones) is 1. The van der Waals surface area contributed by atoms with E-state index in [0.717, 1.165) is 10.5 Å². The molecule has 310 valence electrons. The molecule has 6 atom stereocenters. The number of amides is 3. The van der Waals surface area contributed by atoms with E-state index in [1.165, 1.54) is 7.11 Å². The third-order valence-corrected chi connectivity index (χ3v) is 11.5. The number of morpholine rings is 1. The van der Waals surface area contributed by atoms with E-state index in [-0.39, 0.29) is 37.7 Å². The molecule has 13 nitrogen and oxygen atoms in total. The van der Waals surface area contributed by atoms with Crippen LogP contribution in [-0.2, 0) is 34.0 Å². The number of hydrogen-bond acceptors (Lipinski definition) is 11. The number of imide groups is 1. The largest absolute Gasteiger partial charge is 0.497 e. The summed E-state index contributed by atoms with van der Waals surface area (Å²) in [5.41, 5.74) is 7.89. The van der Waals surface area contributed by atoms with Crippen LogP contribution < -0.4 is 20.1 Å². The van der Waals surface area contributed by atoms with Crippen LogP contribution in [0.1, 0.15) is 51.6 Å². The molecule has 3 N–H and O–H groups in total. The summed E-state index contributed by atoms with van der Waals surface area (Å²) < 4.78 is 28.1. The second-order valence-corrected chi connectivity index (χ2v) is 14.8. The summed E-state index contributed by atoms with van der Waals surface area (Å²) in [7, 11) is 3.03. The molecule has 0 aliphatic carbocycles. The van der Waals surface area contributed by atoms with Crippen LogP contribution in [0.2, 0.25) is 0 Å². The third-order valence-electron chi connectivity index (χ3n) is 11.5. The molecule has 13 heteroatoms. The van der Waals surface area contributed by atoms with Crippen molar-refractivity contribution in [3.63, 3.8) is 0 Å². The second kappa shape index (κ2) is 17.3. The van der Waals surface area contributed by atoms with E-state index in [9.17, 15) is 19.5 Å². The number of primary amides is 1. The Labute approximate surface area is 352 Å². The summed E-state index contributed by atoms with van der Waals surface area (Å²) in [5, 5.41) is 9.47. The van der Waals surface area contributed by atoms with Crippen LogP contribution in [0.15, 0.2) is 127 Å². The van der Waals surface area contributed by atoms with Gasteiger partial charge in [-0.3, -0.25) is 19.3 Å². The van der Waals surface area contributed by atoms with Crippen LogP contribution in [0.4, 0.5) is 10.5 Å². The minimum Gasteiger partial charge on any atom is -0.497 e. The molecular weight excluding hydrogens is 779 g/mol. The summed E-state index contributed by atoms with van der Waals surface area (Å²) in [6.07, 6.45) is -1.90. The van der Waals surface area contributed by atoms with Gasteiger partial charge in [0.2, 0.25) is 11.8 Å². The van der Waals surface area contributed by atoms with Crippen molar-refractivity contribution >= 4 is 29.6 Å². The number of carbonyl (C=O) groups is 4. The first kappa shape index (κ1) is 40.8. The highest BCUT2D eigenvalue weighted by molar-refractivity contribution is 6.23. The maximum absolute atomic E-state index is 15.9. The quantitative estimate of drug-likeness (QED) is 0.0996. The van der Waals surface area contributed by atoms with Gasteiger partial charge in [0.25, 0.3) is 0 Å². The number of fused-ring (bicyclic) bond motifs is 3. The fraction of sp³-hybridized carbons (Fsp3) is 0.250. The van der Waals surface area contributed by atoms with E-state index in [0.29, 0.717) is 33.8 Å². The normalized spacial score (nSPS) is 22.7. The highest BCUT2D eigenvalue weighted by Gasteiger charge is 2.75. The van der Waals surface area contributed by atoms with Crippen LogP contribution in [0.5, 0.6) is 11.5 Å². The Balaban J connectivity index is 1.41. The Kier molecular flexibility index (Phi) is 11.6. The van der Waals surface area contributed by atoms with E-state index in [4.69, 9.17) is 29.4 Å². The standard InChI is InChI=1S/C48H43N3O10/c1-57-27-28-60-47(56)50-38-24-17-31(14-13-30-15-20-35(58-2)21-16-30)29-37(38)48(46(50)55)39(44(49)53)41-45(54)61-42(33-11-7-4-8-12-33)40(32-9-5-3-6-10-32)51(41)43(48)34-18-22-36(23-19-34)59-26-25-52/h3-12,15-24,29,39-43,52H,25-28H2,1-2H3,(H2,49,53). The monoisotopic (exact) mass is 821 g/mol. The first-order chi connectivity index (χ1) is 29.7. The average Bonchev–Trinajstić information content (AvgIpc) is 3.75. The molecule has 1 spiro atoms. The number of methoxy groups -OCH3 is 2. The molecule has 2 fully saturated rings. The number of aliphatic hydroxyl groups is 1. The predicted octanol–water partition coefficient (Wildman–Crippen LogP) is 5.40. The summed E-state index contributed by atoms with van der Waals surface area (Å²) in [6.45, 7) is -0.279.